The van der Waals surface area contributed by atoms with Crippen LogP contribution in [0.15, 0.2) is 54.6 Å². The third-order valence-electron chi connectivity index (χ3n) is 15.3. The van der Waals surface area contributed by atoms with Gasteiger partial charge in [-0.25, -0.2) is 0 Å². The van der Waals surface area contributed by atoms with Crippen molar-refractivity contribution in [2.45, 2.75) is 194 Å². The number of amides is 5. The van der Waals surface area contributed by atoms with E-state index in [0.29, 0.717) is 11.1 Å². The van der Waals surface area contributed by atoms with Crippen LogP contribution in [0.5, 0.6) is 5.75 Å². The van der Waals surface area contributed by atoms with Crippen LogP contribution in [0, 0.1) is 47.3 Å². The minimum Gasteiger partial charge on any atom is -0.508 e. The van der Waals surface area contributed by atoms with Crippen molar-refractivity contribution < 1.29 is 103 Å². The van der Waals surface area contributed by atoms with Crippen molar-refractivity contribution in [1.29, 1.82) is 0 Å². The highest BCUT2D eigenvalue weighted by Gasteiger charge is 2.38. The molecule has 0 spiro atoms. The van der Waals surface area contributed by atoms with E-state index < -0.39 is 218 Å². The van der Waals surface area contributed by atoms with Crippen molar-refractivity contribution in [2.24, 2.45) is 53.1 Å². The molecule has 2 rings (SSSR count). The maximum absolute atomic E-state index is 14.7. The third kappa shape index (κ3) is 29.8. The Balaban J connectivity index is 2.42. The van der Waals surface area contributed by atoms with Crippen LogP contribution in [0.25, 0.3) is 0 Å². The number of aliphatic hydroxyl groups is 1. The molecule has 0 saturated heterocycles. The second kappa shape index (κ2) is 38.9. The van der Waals surface area contributed by atoms with E-state index in [0.717, 1.165) is 0 Å². The summed E-state index contributed by atoms with van der Waals surface area (Å²) in [6, 6.07) is 6.43. The van der Waals surface area contributed by atoms with Crippen LogP contribution in [0.3, 0.4) is 0 Å². The lowest BCUT2D eigenvalue weighted by atomic mass is 9.87. The van der Waals surface area contributed by atoms with Crippen molar-refractivity contribution >= 4 is 82.5 Å². The van der Waals surface area contributed by atoms with E-state index in [1.54, 1.807) is 71.9 Å². The Kier molecular flexibility index (Phi) is 33.7. The molecule has 0 aliphatic heterocycles. The zero-order chi connectivity index (χ0) is 69.0. The average Bonchev–Trinajstić information content (AvgIpc) is 2.05. The summed E-state index contributed by atoms with van der Waals surface area (Å²) in [6.45, 7) is 13.2. The van der Waals surface area contributed by atoms with Gasteiger partial charge in [-0.15, -0.1) is 0 Å². The number of nitrogens with two attached hydrogens (primary N) is 1. The standard InChI is InChI=1S/C64H92N6O21/c1-33(2)22-46(67-62(88)41(31-56(81)82)28-52(75)47(23-34(3)4)69-63(89)44(65)18-20-54(77)78)49(72)25-37(8)60(86)70-58(35(5)6)53(76)29-40(26-38-12-10-9-11-13-38)61(87)68-48(27-39-14-16-43(71)17-15-39)50(73)24-36(7)59(85)66-45(19-21-55(79)80)51(74)30-42(64(90)91)32-57(83)84/h9-17,33-37,40-42,44-49,58,71-72H,18-32,65H2,1-8H3,(H,66,85)(H,67,88)(H,68,87)(H,69,89)(H,70,86)(H,77,78)(H,79,80)(H,81,82)(H,83,84)(H,90,91)/t36-,37-,40-,41+,42+,44+,45+,46+,47+,48+,49+,58+/m1/s1. The molecule has 12 atom stereocenters. The van der Waals surface area contributed by atoms with E-state index >= 15 is 0 Å². The first-order valence-corrected chi connectivity index (χ1v) is 30.5. The SMILES string of the molecule is CC(C)C[C@H](NC(=O)[C@@H](N)CCC(=O)O)C(=O)C[C@@H](CC(=O)O)C(=O)N[C@@H](CC(C)C)[C@@H](O)C[C@@H](C)C(=O)N[C@H](C(=O)C[C@@H](Cc1ccccc1)C(=O)N[C@@H](Cc1ccc(O)cc1)C(=O)C[C@@H](C)C(=O)N[C@@H](CCC(=O)O)C(=O)C[C@@H](CC(=O)O)C(=O)O)C(C)C. The number of aromatic hydroxyl groups is 1. The number of aliphatic carboxylic acids is 5. The highest BCUT2D eigenvalue weighted by molar-refractivity contribution is 5.98. The number of phenols is 1. The number of aliphatic hydroxyl groups excluding tert-OH is 1. The van der Waals surface area contributed by atoms with Gasteiger partial charge in [0.2, 0.25) is 29.5 Å². The lowest BCUT2D eigenvalue weighted by Gasteiger charge is -2.30. The number of benzene rings is 2. The maximum Gasteiger partial charge on any atom is 0.307 e. The third-order valence-corrected chi connectivity index (χ3v) is 15.3. The Hall–Kier alpha value is -8.46. The summed E-state index contributed by atoms with van der Waals surface area (Å²) in [7, 11) is 0. The van der Waals surface area contributed by atoms with Gasteiger partial charge >= 0.3 is 29.8 Å². The molecule has 91 heavy (non-hydrogen) atoms. The largest absolute Gasteiger partial charge is 0.508 e. The normalized spacial score (nSPS) is 15.4. The summed E-state index contributed by atoms with van der Waals surface area (Å²) < 4.78 is 0. The van der Waals surface area contributed by atoms with E-state index in [1.807, 2.05) is 0 Å². The van der Waals surface area contributed by atoms with Crippen molar-refractivity contribution in [2.75, 3.05) is 0 Å². The molecule has 0 fully saturated rings. The molecule has 5 amide bonds. The molecule has 0 aliphatic carbocycles. The van der Waals surface area contributed by atoms with Gasteiger partial charge in [-0.05, 0) is 86.0 Å². The van der Waals surface area contributed by atoms with Gasteiger partial charge in [0.1, 0.15) is 5.75 Å². The van der Waals surface area contributed by atoms with Crippen LogP contribution in [-0.4, -0.2) is 161 Å². The predicted octanol–water partition coefficient (Wildman–Crippen LogP) is 3.15. The molecule has 27 nitrogen and oxygen atoms in total. The number of nitrogens with one attached hydrogen (secondary N) is 5. The Morgan fingerprint density at radius 1 is 0.429 bits per heavy atom. The smallest absolute Gasteiger partial charge is 0.307 e. The first-order chi connectivity index (χ1) is 42.5. The summed E-state index contributed by atoms with van der Waals surface area (Å²) in [4.78, 5) is 183. The van der Waals surface area contributed by atoms with Crippen molar-refractivity contribution in [3.05, 3.63) is 65.7 Å². The van der Waals surface area contributed by atoms with Gasteiger partial charge < -0.3 is 68.1 Å². The highest BCUT2D eigenvalue weighted by Crippen LogP contribution is 2.24. The number of carbonyl (C=O) groups is 14. The van der Waals surface area contributed by atoms with E-state index in [2.05, 4.69) is 26.6 Å². The number of phenolic OH excluding ortho intramolecular Hbond substituents is 1. The van der Waals surface area contributed by atoms with Crippen LogP contribution >= 0.6 is 0 Å². The first kappa shape index (κ1) is 78.6. The lowest BCUT2D eigenvalue weighted by molar-refractivity contribution is -0.149. The van der Waals surface area contributed by atoms with Gasteiger partial charge in [0, 0.05) is 56.3 Å². The molecule has 0 aliphatic rings. The Morgan fingerprint density at radius 3 is 1.44 bits per heavy atom. The molecular formula is C64H92N6O21. The molecule has 0 aromatic heterocycles. The lowest BCUT2D eigenvalue weighted by Crippen LogP contribution is -2.51. The Bertz CT molecular complexity index is 2840. The van der Waals surface area contributed by atoms with E-state index in [9.17, 15) is 97.8 Å². The summed E-state index contributed by atoms with van der Waals surface area (Å²) in [6.07, 6.45) is -7.91. The number of rotatable bonds is 45. The second-order valence-electron chi connectivity index (χ2n) is 24.7. The van der Waals surface area contributed by atoms with Gasteiger partial charge in [-0.1, -0.05) is 97.9 Å². The molecule has 2 aromatic rings. The molecular weight excluding hydrogens is 1190 g/mol. The molecule has 0 unspecified atom stereocenters. The molecule has 0 bridgehead atoms. The van der Waals surface area contributed by atoms with Crippen molar-refractivity contribution in [3.8, 4) is 5.75 Å². The number of carboxylic acid groups (broad SMARTS) is 5. The fourth-order valence-corrected chi connectivity index (χ4v) is 10.2. The van der Waals surface area contributed by atoms with Gasteiger partial charge in [0.25, 0.3) is 0 Å². The Labute approximate surface area is 528 Å². The zero-order valence-corrected chi connectivity index (χ0v) is 52.9. The minimum absolute atomic E-state index is 0.0515. The molecule has 0 saturated carbocycles. The van der Waals surface area contributed by atoms with E-state index in [1.165, 1.54) is 38.1 Å². The molecule has 504 valence electrons. The van der Waals surface area contributed by atoms with Crippen LogP contribution in [-0.2, 0) is 80.0 Å². The summed E-state index contributed by atoms with van der Waals surface area (Å²) in [5, 5.41) is 81.7. The van der Waals surface area contributed by atoms with E-state index in [-0.39, 0.29) is 56.1 Å². The van der Waals surface area contributed by atoms with Gasteiger partial charge in [0.05, 0.1) is 67.0 Å². The molecule has 27 heteroatoms. The van der Waals surface area contributed by atoms with Crippen LogP contribution in [0.1, 0.15) is 150 Å². The van der Waals surface area contributed by atoms with Crippen LogP contribution in [0.2, 0.25) is 0 Å². The summed E-state index contributed by atoms with van der Waals surface area (Å²) in [5.74, 6) is -21.9. The number of ketones is 4. The first-order valence-electron chi connectivity index (χ1n) is 30.5. The van der Waals surface area contributed by atoms with Crippen LogP contribution < -0.4 is 32.3 Å². The zero-order valence-electron chi connectivity index (χ0n) is 52.9. The topological polar surface area (TPSA) is 467 Å². The van der Waals surface area contributed by atoms with Crippen LogP contribution in [0.4, 0.5) is 0 Å². The van der Waals surface area contributed by atoms with Gasteiger partial charge in [-0.2, -0.15) is 0 Å². The molecule has 2 aromatic carbocycles. The quantitative estimate of drug-likeness (QED) is 0.0453. The van der Waals surface area contributed by atoms with Gasteiger partial charge in [-0.3, -0.25) is 67.1 Å². The number of carbonyl (C=O) groups excluding carboxylic acids is 9. The number of carboxylic acids is 5. The number of hydrogen-bond acceptors (Lipinski definition) is 17. The maximum atomic E-state index is 14.7. The Morgan fingerprint density at radius 2 is 0.901 bits per heavy atom. The number of hydrogen-bond donors (Lipinski definition) is 13. The van der Waals surface area contributed by atoms with Crippen molar-refractivity contribution in [1.82, 2.24) is 26.6 Å². The second-order valence-corrected chi connectivity index (χ2v) is 24.7. The number of Topliss-reactive ketones (excluding diaryl/α,β-unsaturated/α-hetero) is 4. The average molecular weight is 1280 g/mol. The molecule has 0 radical (unpaired) electrons. The van der Waals surface area contributed by atoms with Gasteiger partial charge in [0.15, 0.2) is 23.1 Å². The summed E-state index contributed by atoms with van der Waals surface area (Å²) >= 11 is 0. The molecule has 0 heterocycles. The molecule has 14 N–H and O–H groups in total. The van der Waals surface area contributed by atoms with Crippen molar-refractivity contribution in [3.63, 3.8) is 0 Å². The summed E-state index contributed by atoms with van der Waals surface area (Å²) in [5.41, 5.74) is 6.93. The minimum atomic E-state index is -1.70. The highest BCUT2D eigenvalue weighted by atomic mass is 16.4. The fourth-order valence-electron chi connectivity index (χ4n) is 10.2. The predicted molar refractivity (Wildman–Crippen MR) is 327 cm³/mol. The monoisotopic (exact) mass is 1280 g/mol. The fraction of sp³-hybridized carbons (Fsp3) is 0.594. The van der Waals surface area contributed by atoms with E-state index in [4.69, 9.17) is 10.8 Å².